The number of rotatable bonds is 4. The molecule has 20 heavy (non-hydrogen) atoms. The van der Waals surface area contributed by atoms with Crippen LogP contribution in [0.2, 0.25) is 0 Å². The monoisotopic (exact) mass is 295 g/mol. The van der Waals surface area contributed by atoms with E-state index in [1.54, 1.807) is 0 Å². The Morgan fingerprint density at radius 1 is 1.55 bits per heavy atom. The Hall–Kier alpha value is -1.56. The molecule has 1 aliphatic heterocycles. The number of nitrogens with zero attached hydrogens (tertiary/aromatic N) is 4. The highest BCUT2D eigenvalue weighted by molar-refractivity contribution is 6.17. The number of H-pyrrole nitrogens is 1. The van der Waals surface area contributed by atoms with Crippen LogP contribution in [0, 0.1) is 6.92 Å². The summed E-state index contributed by atoms with van der Waals surface area (Å²) < 4.78 is 1.49. The van der Waals surface area contributed by atoms with Gasteiger partial charge in [0.15, 0.2) is 5.65 Å². The summed E-state index contributed by atoms with van der Waals surface area (Å²) in [5.41, 5.74) is 0.386. The first-order chi connectivity index (χ1) is 9.70. The van der Waals surface area contributed by atoms with Gasteiger partial charge in [-0.1, -0.05) is 0 Å². The fraction of sp³-hybridized carbons (Fsp3) is 0.615. The van der Waals surface area contributed by atoms with Crippen LogP contribution in [0.4, 0.5) is 5.82 Å². The molecule has 6 nitrogen and oxygen atoms in total. The van der Waals surface area contributed by atoms with Gasteiger partial charge in [0.25, 0.3) is 0 Å². The summed E-state index contributed by atoms with van der Waals surface area (Å²) in [4.78, 5) is 18.5. The number of alkyl halides is 1. The lowest BCUT2D eigenvalue weighted by Gasteiger charge is -2.25. The molecule has 7 heteroatoms. The third kappa shape index (κ3) is 2.28. The highest BCUT2D eigenvalue weighted by Crippen LogP contribution is 2.27. The fourth-order valence-electron chi connectivity index (χ4n) is 2.98. The normalized spacial score (nSPS) is 19.1. The van der Waals surface area contributed by atoms with E-state index in [-0.39, 0.29) is 5.69 Å². The van der Waals surface area contributed by atoms with Crippen LogP contribution >= 0.6 is 11.6 Å². The first-order valence-corrected chi connectivity index (χ1v) is 7.51. The van der Waals surface area contributed by atoms with Crippen LogP contribution in [0.3, 0.4) is 0 Å². The Bertz CT molecular complexity index is 664. The molecule has 1 unspecified atom stereocenters. The maximum absolute atomic E-state index is 11.6. The Morgan fingerprint density at radius 2 is 2.40 bits per heavy atom. The zero-order chi connectivity index (χ0) is 14.1. The van der Waals surface area contributed by atoms with Gasteiger partial charge < -0.3 is 4.90 Å². The number of aryl methyl sites for hydroxylation is 1. The minimum Gasteiger partial charge on any atom is -0.353 e. The second kappa shape index (κ2) is 5.44. The van der Waals surface area contributed by atoms with Crippen molar-refractivity contribution in [3.05, 3.63) is 22.4 Å². The van der Waals surface area contributed by atoms with Crippen LogP contribution in [-0.2, 0) is 0 Å². The molecule has 2 aromatic rings. The molecule has 1 N–H and O–H groups in total. The molecule has 0 spiro atoms. The van der Waals surface area contributed by atoms with Crippen LogP contribution in [0.1, 0.15) is 31.5 Å². The molecule has 1 fully saturated rings. The Labute approximate surface area is 121 Å². The number of hydrogen-bond acceptors (Lipinski definition) is 4. The summed E-state index contributed by atoms with van der Waals surface area (Å²) in [6.07, 6.45) is 4.46. The number of fused-ring (bicyclic) bond motifs is 1. The van der Waals surface area contributed by atoms with Gasteiger partial charge in [0, 0.05) is 24.5 Å². The van der Waals surface area contributed by atoms with Crippen molar-refractivity contribution in [2.45, 2.75) is 38.6 Å². The standard InChI is InChI=1S/C13H18ClN5O/c1-9-15-11(8-12-16-17-13(20)19(9)12)18-7-3-5-10(18)4-2-6-14/h8,10H,2-7H2,1H3,(H,17,20). The lowest BCUT2D eigenvalue weighted by molar-refractivity contribution is 0.597. The van der Waals surface area contributed by atoms with Crippen molar-refractivity contribution in [3.63, 3.8) is 0 Å². The number of nitrogens with one attached hydrogen (secondary N) is 1. The maximum atomic E-state index is 11.6. The third-order valence-corrected chi connectivity index (χ3v) is 4.17. The van der Waals surface area contributed by atoms with E-state index in [1.165, 1.54) is 17.2 Å². The van der Waals surface area contributed by atoms with Crippen LogP contribution in [0.5, 0.6) is 0 Å². The fourth-order valence-corrected chi connectivity index (χ4v) is 3.13. The molecule has 108 valence electrons. The molecule has 1 atom stereocenters. The average Bonchev–Trinajstić information content (AvgIpc) is 3.03. The van der Waals surface area contributed by atoms with E-state index in [2.05, 4.69) is 20.1 Å². The highest BCUT2D eigenvalue weighted by atomic mass is 35.5. The minimum absolute atomic E-state index is 0.239. The van der Waals surface area contributed by atoms with Gasteiger partial charge in [-0.2, -0.15) is 5.10 Å². The zero-order valence-corrected chi connectivity index (χ0v) is 12.2. The Balaban J connectivity index is 1.95. The smallest absolute Gasteiger partial charge is 0.349 e. The number of aromatic amines is 1. The van der Waals surface area contributed by atoms with Crippen molar-refractivity contribution in [2.24, 2.45) is 0 Å². The molecule has 0 aliphatic carbocycles. The summed E-state index contributed by atoms with van der Waals surface area (Å²) in [7, 11) is 0. The van der Waals surface area contributed by atoms with Crippen LogP contribution in [0.25, 0.3) is 5.65 Å². The average molecular weight is 296 g/mol. The molecule has 0 aromatic carbocycles. The summed E-state index contributed by atoms with van der Waals surface area (Å²) in [5.74, 6) is 2.27. The van der Waals surface area contributed by atoms with Crippen LogP contribution in [0.15, 0.2) is 10.9 Å². The summed E-state index contributed by atoms with van der Waals surface area (Å²) in [5, 5.41) is 6.50. The van der Waals surface area contributed by atoms with Crippen molar-refractivity contribution in [1.82, 2.24) is 19.6 Å². The third-order valence-electron chi connectivity index (χ3n) is 3.90. The van der Waals surface area contributed by atoms with E-state index in [4.69, 9.17) is 11.6 Å². The zero-order valence-electron chi connectivity index (χ0n) is 11.5. The minimum atomic E-state index is -0.239. The Morgan fingerprint density at radius 3 is 3.20 bits per heavy atom. The number of halogens is 1. The van der Waals surface area contributed by atoms with Crippen molar-refractivity contribution in [1.29, 1.82) is 0 Å². The molecule has 0 amide bonds. The van der Waals surface area contributed by atoms with Gasteiger partial charge in [0.05, 0.1) is 0 Å². The summed E-state index contributed by atoms with van der Waals surface area (Å²) in [6, 6.07) is 2.37. The van der Waals surface area contributed by atoms with Crippen molar-refractivity contribution < 1.29 is 0 Å². The quantitative estimate of drug-likeness (QED) is 0.872. The molecule has 0 bridgehead atoms. The van der Waals surface area contributed by atoms with E-state index in [0.717, 1.165) is 25.2 Å². The largest absolute Gasteiger partial charge is 0.353 e. The predicted octanol–water partition coefficient (Wildman–Crippen LogP) is 1.71. The van der Waals surface area contributed by atoms with Gasteiger partial charge in [-0.05, 0) is 32.6 Å². The lowest BCUT2D eigenvalue weighted by atomic mass is 10.1. The molecule has 3 rings (SSSR count). The molecular weight excluding hydrogens is 278 g/mol. The summed E-state index contributed by atoms with van der Waals surface area (Å²) >= 11 is 5.79. The second-order valence-corrected chi connectivity index (χ2v) is 5.58. The Kier molecular flexibility index (Phi) is 3.65. The molecule has 1 aliphatic rings. The van der Waals surface area contributed by atoms with E-state index in [1.807, 2.05) is 13.0 Å². The van der Waals surface area contributed by atoms with E-state index < -0.39 is 0 Å². The number of hydrogen-bond donors (Lipinski definition) is 1. The predicted molar refractivity (Wildman–Crippen MR) is 78.7 cm³/mol. The topological polar surface area (TPSA) is 66.3 Å². The van der Waals surface area contributed by atoms with Crippen molar-refractivity contribution >= 4 is 23.1 Å². The van der Waals surface area contributed by atoms with Crippen molar-refractivity contribution in [2.75, 3.05) is 17.3 Å². The maximum Gasteiger partial charge on any atom is 0.349 e. The van der Waals surface area contributed by atoms with Crippen LogP contribution in [-0.4, -0.2) is 38.0 Å². The summed E-state index contributed by atoms with van der Waals surface area (Å²) in [6.45, 7) is 2.83. The van der Waals surface area contributed by atoms with Gasteiger partial charge in [-0.3, -0.25) is 0 Å². The van der Waals surface area contributed by atoms with E-state index >= 15 is 0 Å². The van der Waals surface area contributed by atoms with Gasteiger partial charge in [-0.25, -0.2) is 19.3 Å². The first kappa shape index (κ1) is 13.4. The lowest BCUT2D eigenvalue weighted by Crippen LogP contribution is -2.30. The van der Waals surface area contributed by atoms with Crippen LogP contribution < -0.4 is 10.6 Å². The first-order valence-electron chi connectivity index (χ1n) is 6.98. The van der Waals surface area contributed by atoms with Gasteiger partial charge in [0.2, 0.25) is 0 Å². The molecule has 2 aromatic heterocycles. The van der Waals surface area contributed by atoms with E-state index in [0.29, 0.717) is 23.4 Å². The number of aromatic nitrogens is 4. The molecule has 1 saturated heterocycles. The van der Waals surface area contributed by atoms with Gasteiger partial charge in [0.1, 0.15) is 11.6 Å². The SMILES string of the molecule is Cc1nc(N2CCCC2CCCCl)cc2n[nH]c(=O)n12. The molecular formula is C13H18ClN5O. The molecule has 3 heterocycles. The van der Waals surface area contributed by atoms with Gasteiger partial charge in [-0.15, -0.1) is 11.6 Å². The van der Waals surface area contributed by atoms with Crippen molar-refractivity contribution in [3.8, 4) is 0 Å². The van der Waals surface area contributed by atoms with Gasteiger partial charge >= 0.3 is 5.69 Å². The van der Waals surface area contributed by atoms with E-state index in [9.17, 15) is 4.79 Å². The second-order valence-electron chi connectivity index (χ2n) is 5.20. The molecule has 0 radical (unpaired) electrons. The molecule has 0 saturated carbocycles. The highest BCUT2D eigenvalue weighted by Gasteiger charge is 2.26. The number of anilines is 1.